The molecule has 1 aromatic heterocycles. The molecule has 0 bridgehead atoms. The predicted octanol–water partition coefficient (Wildman–Crippen LogP) is 3.26. The molecule has 128 valence electrons. The molecule has 0 spiro atoms. The number of aromatic nitrogens is 1. The largest absolute Gasteiger partial charge is 0.336 e. The molecule has 1 aliphatic rings. The van der Waals surface area contributed by atoms with Crippen molar-refractivity contribution in [1.29, 1.82) is 0 Å². The maximum absolute atomic E-state index is 12.9. The molecule has 2 aromatic rings. The van der Waals surface area contributed by atoms with Gasteiger partial charge in [-0.25, -0.2) is 4.98 Å². The summed E-state index contributed by atoms with van der Waals surface area (Å²) in [5.74, 6) is 0.636. The second-order valence-corrected chi connectivity index (χ2v) is 8.37. The van der Waals surface area contributed by atoms with Crippen LogP contribution in [0.1, 0.15) is 47.7 Å². The minimum Gasteiger partial charge on any atom is -0.336 e. The van der Waals surface area contributed by atoms with Crippen molar-refractivity contribution in [2.75, 3.05) is 19.6 Å². The Labute approximate surface area is 147 Å². The lowest BCUT2D eigenvalue weighted by Gasteiger charge is -2.16. The number of benzene rings is 1. The Morgan fingerprint density at radius 1 is 1.29 bits per heavy atom. The monoisotopic (exact) mass is 343 g/mol. The average molecular weight is 343 g/mol. The molecule has 5 heteroatoms. The molecular weight excluding hydrogens is 318 g/mol. The highest BCUT2D eigenvalue weighted by Gasteiger charge is 2.36. The Kier molecular flexibility index (Phi) is 4.74. The van der Waals surface area contributed by atoms with Crippen LogP contribution >= 0.6 is 11.3 Å². The van der Waals surface area contributed by atoms with E-state index in [4.69, 9.17) is 5.73 Å². The molecule has 0 radical (unpaired) electrons. The van der Waals surface area contributed by atoms with E-state index in [9.17, 15) is 4.79 Å². The van der Waals surface area contributed by atoms with Gasteiger partial charge in [-0.15, -0.1) is 11.3 Å². The Balaban J connectivity index is 1.78. The number of carbonyl (C=O) groups is 1. The van der Waals surface area contributed by atoms with Gasteiger partial charge in [0.15, 0.2) is 0 Å². The van der Waals surface area contributed by atoms with Crippen molar-refractivity contribution in [3.63, 3.8) is 0 Å². The normalized spacial score (nSPS) is 21.2. The summed E-state index contributed by atoms with van der Waals surface area (Å²) in [5.41, 5.74) is 7.77. The SMILES string of the molecule is CC(C)(C)c1nc(C(=O)N2C[C@@H](CN)[C@H](c3ccccc3)C2)cs1. The lowest BCUT2D eigenvalue weighted by molar-refractivity contribution is 0.0781. The molecule has 1 amide bonds. The number of carbonyl (C=O) groups excluding carboxylic acids is 1. The smallest absolute Gasteiger partial charge is 0.273 e. The maximum Gasteiger partial charge on any atom is 0.273 e. The summed E-state index contributed by atoms with van der Waals surface area (Å²) < 4.78 is 0. The van der Waals surface area contributed by atoms with E-state index < -0.39 is 0 Å². The van der Waals surface area contributed by atoms with E-state index in [2.05, 4.69) is 37.9 Å². The highest BCUT2D eigenvalue weighted by molar-refractivity contribution is 7.10. The lowest BCUT2D eigenvalue weighted by atomic mass is 9.89. The fourth-order valence-corrected chi connectivity index (χ4v) is 4.11. The van der Waals surface area contributed by atoms with Gasteiger partial charge >= 0.3 is 0 Å². The van der Waals surface area contributed by atoms with E-state index in [-0.39, 0.29) is 11.3 Å². The molecule has 24 heavy (non-hydrogen) atoms. The number of nitrogens with zero attached hydrogens (tertiary/aromatic N) is 2. The predicted molar refractivity (Wildman–Crippen MR) is 98.4 cm³/mol. The van der Waals surface area contributed by atoms with Crippen LogP contribution in [0.4, 0.5) is 0 Å². The van der Waals surface area contributed by atoms with Crippen LogP contribution in [-0.4, -0.2) is 35.4 Å². The molecule has 2 N–H and O–H groups in total. The lowest BCUT2D eigenvalue weighted by Crippen LogP contribution is -2.30. The standard InChI is InChI=1S/C19H25N3OS/c1-19(2,3)18-21-16(12-24-18)17(23)22-10-14(9-20)15(11-22)13-7-5-4-6-8-13/h4-8,12,14-15H,9-11,20H2,1-3H3/t14-,15+/m1/s1. The van der Waals surface area contributed by atoms with Gasteiger partial charge in [0.2, 0.25) is 0 Å². The number of amides is 1. The van der Waals surface area contributed by atoms with Crippen molar-refractivity contribution in [3.8, 4) is 0 Å². The molecular formula is C19H25N3OS. The Bertz CT molecular complexity index is 705. The van der Waals surface area contributed by atoms with Crippen LogP contribution in [0.25, 0.3) is 0 Å². The van der Waals surface area contributed by atoms with E-state index >= 15 is 0 Å². The zero-order chi connectivity index (χ0) is 17.3. The molecule has 0 unspecified atom stereocenters. The van der Waals surface area contributed by atoms with E-state index in [0.29, 0.717) is 37.2 Å². The molecule has 4 nitrogen and oxygen atoms in total. The summed E-state index contributed by atoms with van der Waals surface area (Å²) in [6.07, 6.45) is 0. The van der Waals surface area contributed by atoms with Gasteiger partial charge in [-0.1, -0.05) is 51.1 Å². The van der Waals surface area contributed by atoms with Crippen molar-refractivity contribution in [2.24, 2.45) is 11.7 Å². The van der Waals surface area contributed by atoms with E-state index in [1.165, 1.54) is 5.56 Å². The van der Waals surface area contributed by atoms with Gasteiger partial charge in [-0.2, -0.15) is 0 Å². The van der Waals surface area contributed by atoms with Crippen LogP contribution < -0.4 is 5.73 Å². The third kappa shape index (κ3) is 3.37. The van der Waals surface area contributed by atoms with Crippen molar-refractivity contribution < 1.29 is 4.79 Å². The molecule has 1 saturated heterocycles. The van der Waals surface area contributed by atoms with Gasteiger partial charge in [0, 0.05) is 29.8 Å². The van der Waals surface area contributed by atoms with Crippen molar-refractivity contribution in [2.45, 2.75) is 32.1 Å². The third-order valence-electron chi connectivity index (χ3n) is 4.62. The quantitative estimate of drug-likeness (QED) is 0.930. The van der Waals surface area contributed by atoms with Crippen LogP contribution in [0.5, 0.6) is 0 Å². The highest BCUT2D eigenvalue weighted by Crippen LogP contribution is 2.33. The summed E-state index contributed by atoms with van der Waals surface area (Å²) in [6.45, 7) is 8.36. The van der Waals surface area contributed by atoms with Gasteiger partial charge in [0.1, 0.15) is 5.69 Å². The number of rotatable bonds is 3. The second kappa shape index (κ2) is 6.65. The van der Waals surface area contributed by atoms with Crippen LogP contribution in [0.15, 0.2) is 35.7 Å². The molecule has 1 fully saturated rings. The summed E-state index contributed by atoms with van der Waals surface area (Å²) >= 11 is 1.56. The van der Waals surface area contributed by atoms with E-state index in [1.807, 2.05) is 28.5 Å². The van der Waals surface area contributed by atoms with Gasteiger partial charge in [-0.05, 0) is 18.0 Å². The molecule has 2 heterocycles. The van der Waals surface area contributed by atoms with Crippen LogP contribution in [-0.2, 0) is 5.41 Å². The zero-order valence-electron chi connectivity index (χ0n) is 14.5. The van der Waals surface area contributed by atoms with Gasteiger partial charge in [0.05, 0.1) is 5.01 Å². The molecule has 1 aliphatic heterocycles. The maximum atomic E-state index is 12.9. The van der Waals surface area contributed by atoms with Crippen LogP contribution in [0, 0.1) is 5.92 Å². The van der Waals surface area contributed by atoms with Crippen LogP contribution in [0.3, 0.4) is 0 Å². The van der Waals surface area contributed by atoms with Gasteiger partial charge < -0.3 is 10.6 Å². The number of nitrogens with two attached hydrogens (primary N) is 1. The van der Waals surface area contributed by atoms with E-state index in [1.54, 1.807) is 11.3 Å². The average Bonchev–Trinajstić information content (AvgIpc) is 3.22. The van der Waals surface area contributed by atoms with Crippen molar-refractivity contribution >= 4 is 17.2 Å². The highest BCUT2D eigenvalue weighted by atomic mass is 32.1. The minimum absolute atomic E-state index is 0.0265. The molecule has 1 aromatic carbocycles. The van der Waals surface area contributed by atoms with Gasteiger partial charge in [-0.3, -0.25) is 4.79 Å². The Morgan fingerprint density at radius 3 is 2.58 bits per heavy atom. The molecule has 0 saturated carbocycles. The second-order valence-electron chi connectivity index (χ2n) is 7.51. The Hall–Kier alpha value is -1.72. The summed E-state index contributed by atoms with van der Waals surface area (Å²) in [7, 11) is 0. The van der Waals surface area contributed by atoms with Crippen molar-refractivity contribution in [3.05, 3.63) is 52.0 Å². The van der Waals surface area contributed by atoms with Crippen molar-refractivity contribution in [1.82, 2.24) is 9.88 Å². The first-order chi connectivity index (χ1) is 11.4. The first kappa shape index (κ1) is 17.1. The number of likely N-dealkylation sites (tertiary alicyclic amines) is 1. The molecule has 0 aliphatic carbocycles. The number of hydrogen-bond donors (Lipinski definition) is 1. The Morgan fingerprint density at radius 2 is 2.00 bits per heavy atom. The topological polar surface area (TPSA) is 59.2 Å². The molecule has 2 atom stereocenters. The number of thiazole rings is 1. The fraction of sp³-hybridized carbons (Fsp3) is 0.474. The first-order valence-electron chi connectivity index (χ1n) is 8.40. The number of hydrogen-bond acceptors (Lipinski definition) is 4. The third-order valence-corrected chi connectivity index (χ3v) is 5.89. The van der Waals surface area contributed by atoms with E-state index in [0.717, 1.165) is 5.01 Å². The molecule has 3 rings (SSSR count). The van der Waals surface area contributed by atoms with Crippen LogP contribution in [0.2, 0.25) is 0 Å². The zero-order valence-corrected chi connectivity index (χ0v) is 15.3. The fourth-order valence-electron chi connectivity index (χ4n) is 3.23. The summed E-state index contributed by atoms with van der Waals surface area (Å²) in [4.78, 5) is 19.3. The summed E-state index contributed by atoms with van der Waals surface area (Å²) in [6, 6.07) is 10.4. The summed E-state index contributed by atoms with van der Waals surface area (Å²) in [5, 5.41) is 2.89. The minimum atomic E-state index is -0.0272. The van der Waals surface area contributed by atoms with Gasteiger partial charge in [0.25, 0.3) is 5.91 Å². The first-order valence-corrected chi connectivity index (χ1v) is 9.28.